The summed E-state index contributed by atoms with van der Waals surface area (Å²) in [6.07, 6.45) is 0. The van der Waals surface area contributed by atoms with E-state index in [1.165, 1.54) is 37.0 Å². The maximum atomic E-state index is 5.48. The minimum Gasteiger partial charge on any atom is -0.235 e. The Balaban J connectivity index is 1.17. The van der Waals surface area contributed by atoms with Gasteiger partial charge in [-0.3, -0.25) is 0 Å². The average molecular weight is 775 g/mol. The van der Waals surface area contributed by atoms with Crippen LogP contribution in [0.5, 0.6) is 0 Å². The van der Waals surface area contributed by atoms with Crippen molar-refractivity contribution in [1.82, 2.24) is 19.9 Å². The molecule has 270 valence electrons. The van der Waals surface area contributed by atoms with Crippen LogP contribution in [0.1, 0.15) is 0 Å². The molecule has 0 atom stereocenters. The van der Waals surface area contributed by atoms with Gasteiger partial charge in [0.15, 0.2) is 17.5 Å². The lowest BCUT2D eigenvalue weighted by atomic mass is 9.96. The third-order valence-electron chi connectivity index (χ3n) is 11.1. The van der Waals surface area contributed by atoms with Gasteiger partial charge in [0.05, 0.1) is 15.8 Å². The molecular formula is C52H30N4S2. The molecule has 0 saturated heterocycles. The summed E-state index contributed by atoms with van der Waals surface area (Å²) in [6, 6.07) is 64.4. The van der Waals surface area contributed by atoms with Crippen LogP contribution in [0.3, 0.4) is 0 Å². The van der Waals surface area contributed by atoms with E-state index in [1.54, 1.807) is 22.7 Å². The fraction of sp³-hybridized carbons (Fsp3) is 0. The Labute approximate surface area is 341 Å². The van der Waals surface area contributed by atoms with Crippen molar-refractivity contribution in [2.24, 2.45) is 0 Å². The molecule has 0 fully saturated rings. The second-order valence-corrected chi connectivity index (χ2v) is 16.7. The number of hydrogen-bond acceptors (Lipinski definition) is 6. The second kappa shape index (κ2) is 13.2. The van der Waals surface area contributed by atoms with Gasteiger partial charge in [0.1, 0.15) is 5.01 Å². The van der Waals surface area contributed by atoms with E-state index in [2.05, 4.69) is 176 Å². The van der Waals surface area contributed by atoms with E-state index in [-0.39, 0.29) is 0 Å². The molecule has 3 aromatic heterocycles. The van der Waals surface area contributed by atoms with Crippen LogP contribution >= 0.6 is 22.7 Å². The van der Waals surface area contributed by atoms with Crippen LogP contribution < -0.4 is 0 Å². The largest absolute Gasteiger partial charge is 0.235 e. The Morgan fingerprint density at radius 3 is 1.88 bits per heavy atom. The number of aromatic nitrogens is 4. The Morgan fingerprint density at radius 1 is 0.328 bits per heavy atom. The van der Waals surface area contributed by atoms with Crippen molar-refractivity contribution >= 4 is 85.4 Å². The molecule has 0 spiro atoms. The van der Waals surface area contributed by atoms with E-state index >= 15 is 0 Å². The van der Waals surface area contributed by atoms with E-state index < -0.39 is 0 Å². The normalized spacial score (nSPS) is 11.8. The Bertz CT molecular complexity index is 3590. The van der Waals surface area contributed by atoms with Crippen LogP contribution in [0, 0.1) is 0 Å². The first kappa shape index (κ1) is 33.1. The molecule has 12 rings (SSSR count). The summed E-state index contributed by atoms with van der Waals surface area (Å²) in [7, 11) is 0. The van der Waals surface area contributed by atoms with Crippen molar-refractivity contribution in [3.05, 3.63) is 182 Å². The van der Waals surface area contributed by atoms with Crippen LogP contribution in [0.4, 0.5) is 0 Å². The van der Waals surface area contributed by atoms with Crippen molar-refractivity contribution in [1.29, 1.82) is 0 Å². The van der Waals surface area contributed by atoms with E-state index in [0.717, 1.165) is 64.1 Å². The van der Waals surface area contributed by atoms with Crippen LogP contribution in [-0.4, -0.2) is 19.9 Å². The zero-order chi connectivity index (χ0) is 38.2. The standard InChI is InChI=1S/C52H30N4S2/c1-2-13-31(14-3-1)34-18-12-19-36(27-34)49-54-50(43-29-35-17-6-7-20-38(35)39-21-8-9-22-40(39)43)56-51(55-49)46-47-45(30-42-41-23-10-11-24-44(41)57-48(42)46)58-52(53-47)37-26-25-32-15-4-5-16-33(32)28-37/h1-30H. The molecule has 0 bridgehead atoms. The summed E-state index contributed by atoms with van der Waals surface area (Å²) in [5.41, 5.74) is 7.06. The SMILES string of the molecule is c1ccc(-c2cccc(-c3nc(-c4cc5ccccc5c5ccccc45)nc(-c4c5nc(-c6ccc7ccccc7c6)sc5cc5c4sc4ccccc45)n3)c2)cc1. The maximum absolute atomic E-state index is 5.48. The van der Waals surface area contributed by atoms with Gasteiger partial charge in [0.2, 0.25) is 0 Å². The fourth-order valence-corrected chi connectivity index (χ4v) is 10.6. The molecule has 0 amide bonds. The van der Waals surface area contributed by atoms with E-state index in [9.17, 15) is 0 Å². The van der Waals surface area contributed by atoms with Gasteiger partial charge in [0.25, 0.3) is 0 Å². The molecule has 0 unspecified atom stereocenters. The lowest BCUT2D eigenvalue weighted by Crippen LogP contribution is -2.01. The van der Waals surface area contributed by atoms with E-state index in [4.69, 9.17) is 19.9 Å². The van der Waals surface area contributed by atoms with E-state index in [0.29, 0.717) is 17.5 Å². The molecule has 6 heteroatoms. The van der Waals surface area contributed by atoms with Crippen LogP contribution in [0.2, 0.25) is 0 Å². The number of benzene rings is 9. The smallest absolute Gasteiger partial charge is 0.167 e. The lowest BCUT2D eigenvalue weighted by molar-refractivity contribution is 1.08. The second-order valence-electron chi connectivity index (χ2n) is 14.6. The Hall–Kier alpha value is -7.12. The first-order valence-electron chi connectivity index (χ1n) is 19.3. The average Bonchev–Trinajstić information content (AvgIpc) is 3.89. The van der Waals surface area contributed by atoms with Crippen LogP contribution in [0.25, 0.3) is 119 Å². The summed E-state index contributed by atoms with van der Waals surface area (Å²) >= 11 is 3.50. The molecule has 58 heavy (non-hydrogen) atoms. The summed E-state index contributed by atoms with van der Waals surface area (Å²) in [5.74, 6) is 1.86. The third kappa shape index (κ3) is 5.41. The molecule has 9 aromatic carbocycles. The predicted molar refractivity (Wildman–Crippen MR) is 246 cm³/mol. The monoisotopic (exact) mass is 774 g/mol. The quantitative estimate of drug-likeness (QED) is 0.163. The highest BCUT2D eigenvalue weighted by Gasteiger charge is 2.24. The van der Waals surface area contributed by atoms with Gasteiger partial charge in [-0.2, -0.15) is 0 Å². The predicted octanol–water partition coefficient (Wildman–Crippen LogP) is 14.6. The van der Waals surface area contributed by atoms with Crippen molar-refractivity contribution in [3.8, 4) is 55.9 Å². The highest BCUT2D eigenvalue weighted by Crippen LogP contribution is 2.46. The van der Waals surface area contributed by atoms with Crippen molar-refractivity contribution in [2.75, 3.05) is 0 Å². The molecule has 0 radical (unpaired) electrons. The molecule has 0 saturated carbocycles. The number of rotatable bonds is 5. The minimum atomic E-state index is 0.611. The van der Waals surface area contributed by atoms with Gasteiger partial charge in [-0.05, 0) is 73.8 Å². The van der Waals surface area contributed by atoms with Gasteiger partial charge in [-0.15, -0.1) is 22.7 Å². The van der Waals surface area contributed by atoms with Gasteiger partial charge in [0, 0.05) is 36.9 Å². The van der Waals surface area contributed by atoms with Gasteiger partial charge in [-0.1, -0.05) is 152 Å². The topological polar surface area (TPSA) is 51.6 Å². The third-order valence-corrected chi connectivity index (χ3v) is 13.4. The first-order valence-corrected chi connectivity index (χ1v) is 20.9. The summed E-state index contributed by atoms with van der Waals surface area (Å²) < 4.78 is 3.44. The van der Waals surface area contributed by atoms with Crippen molar-refractivity contribution in [3.63, 3.8) is 0 Å². The zero-order valence-electron chi connectivity index (χ0n) is 30.9. The number of thiophene rings is 1. The van der Waals surface area contributed by atoms with Crippen molar-refractivity contribution < 1.29 is 0 Å². The lowest BCUT2D eigenvalue weighted by Gasteiger charge is -2.13. The van der Waals surface area contributed by atoms with Crippen LogP contribution in [-0.2, 0) is 0 Å². The van der Waals surface area contributed by atoms with E-state index in [1.807, 2.05) is 6.07 Å². The van der Waals surface area contributed by atoms with Gasteiger partial charge in [-0.25, -0.2) is 19.9 Å². The molecule has 12 aromatic rings. The molecule has 0 aliphatic carbocycles. The highest BCUT2D eigenvalue weighted by molar-refractivity contribution is 7.27. The number of fused-ring (bicyclic) bond motifs is 8. The van der Waals surface area contributed by atoms with Gasteiger partial charge < -0.3 is 0 Å². The summed E-state index contributed by atoms with van der Waals surface area (Å²) in [6.45, 7) is 0. The molecule has 0 aliphatic rings. The Morgan fingerprint density at radius 2 is 1.00 bits per heavy atom. The first-order chi connectivity index (χ1) is 28.7. The minimum absolute atomic E-state index is 0.611. The summed E-state index contributed by atoms with van der Waals surface area (Å²) in [5, 5.41) is 10.4. The van der Waals surface area contributed by atoms with Crippen LogP contribution in [0.15, 0.2) is 182 Å². The van der Waals surface area contributed by atoms with Crippen molar-refractivity contribution in [2.45, 2.75) is 0 Å². The molecular weight excluding hydrogens is 745 g/mol. The maximum Gasteiger partial charge on any atom is 0.167 e. The highest BCUT2D eigenvalue weighted by atomic mass is 32.1. The molecule has 0 aliphatic heterocycles. The fourth-order valence-electron chi connectivity index (χ4n) is 8.34. The molecule has 4 nitrogen and oxygen atoms in total. The number of thiazole rings is 1. The Kier molecular flexibility index (Phi) is 7.55. The molecule has 3 heterocycles. The number of nitrogens with zero attached hydrogens (tertiary/aromatic N) is 4. The zero-order valence-corrected chi connectivity index (χ0v) is 32.6. The number of hydrogen-bond donors (Lipinski definition) is 0. The van der Waals surface area contributed by atoms with Gasteiger partial charge >= 0.3 is 0 Å². The molecule has 0 N–H and O–H groups in total. The summed E-state index contributed by atoms with van der Waals surface area (Å²) in [4.78, 5) is 21.7.